The molecule has 1 unspecified atom stereocenters. The second kappa shape index (κ2) is 9.90. The highest BCUT2D eigenvalue weighted by molar-refractivity contribution is 6.46. The van der Waals surface area contributed by atoms with Gasteiger partial charge in [0.2, 0.25) is 0 Å². The number of likely N-dealkylation sites (tertiary alicyclic amines) is 1. The highest BCUT2D eigenvalue weighted by atomic mass is 35.5. The molecule has 1 heterocycles. The number of aryl methyl sites for hydroxylation is 1. The summed E-state index contributed by atoms with van der Waals surface area (Å²) in [7, 11) is 0. The van der Waals surface area contributed by atoms with Gasteiger partial charge in [-0.1, -0.05) is 68.8 Å². The summed E-state index contributed by atoms with van der Waals surface area (Å²) in [6.45, 7) is 8.31. The van der Waals surface area contributed by atoms with Crippen LogP contribution in [0.3, 0.4) is 0 Å². The van der Waals surface area contributed by atoms with Crippen LogP contribution >= 0.6 is 11.6 Å². The second-order valence-electron chi connectivity index (χ2n) is 10.2. The zero-order valence-corrected chi connectivity index (χ0v) is 21.6. The molecule has 36 heavy (non-hydrogen) atoms. The van der Waals surface area contributed by atoms with E-state index in [0.29, 0.717) is 22.6 Å². The highest BCUT2D eigenvalue weighted by Crippen LogP contribution is 2.40. The van der Waals surface area contributed by atoms with Crippen LogP contribution < -0.4 is 0 Å². The third-order valence-corrected chi connectivity index (χ3v) is 6.89. The molecule has 0 radical (unpaired) electrons. The number of benzene rings is 3. The van der Waals surface area contributed by atoms with Crippen molar-refractivity contribution in [1.29, 1.82) is 0 Å². The summed E-state index contributed by atoms with van der Waals surface area (Å²) >= 11 is 6.10. The van der Waals surface area contributed by atoms with Gasteiger partial charge in [0, 0.05) is 17.1 Å². The third-order valence-electron chi connectivity index (χ3n) is 6.64. The lowest BCUT2D eigenvalue weighted by molar-refractivity contribution is -0.139. The van der Waals surface area contributed by atoms with Crippen LogP contribution in [0.5, 0.6) is 0 Å². The first kappa shape index (κ1) is 25.6. The number of amides is 1. The maximum Gasteiger partial charge on any atom is 0.295 e. The Morgan fingerprint density at radius 1 is 1.00 bits per heavy atom. The van der Waals surface area contributed by atoms with Crippen molar-refractivity contribution >= 4 is 29.1 Å². The van der Waals surface area contributed by atoms with E-state index in [1.165, 1.54) is 17.0 Å². The van der Waals surface area contributed by atoms with Gasteiger partial charge < -0.3 is 10.0 Å². The zero-order chi connectivity index (χ0) is 26.2. The Bertz CT molecular complexity index is 1340. The topological polar surface area (TPSA) is 57.6 Å². The highest BCUT2D eigenvalue weighted by Gasteiger charge is 2.46. The number of carbonyl (C=O) groups excluding carboxylic acids is 2. The number of ketones is 1. The van der Waals surface area contributed by atoms with E-state index in [9.17, 15) is 19.1 Å². The SMILES string of the molecule is Cc1ccc(C(C)(C)C)cc1/C(O)=C1\C(=O)C(=O)N(CCc2ccc(F)cc2)C1c1ccc(Cl)cc1. The van der Waals surface area contributed by atoms with Gasteiger partial charge in [-0.2, -0.15) is 0 Å². The lowest BCUT2D eigenvalue weighted by Gasteiger charge is -2.26. The number of aliphatic hydroxyl groups is 1. The number of hydrogen-bond donors (Lipinski definition) is 1. The van der Waals surface area contributed by atoms with Gasteiger partial charge in [-0.15, -0.1) is 0 Å². The summed E-state index contributed by atoms with van der Waals surface area (Å²) in [6, 6.07) is 18.0. The van der Waals surface area contributed by atoms with Gasteiger partial charge >= 0.3 is 0 Å². The number of aliphatic hydroxyl groups excluding tert-OH is 1. The van der Waals surface area contributed by atoms with Crippen LogP contribution in [0, 0.1) is 12.7 Å². The molecule has 0 spiro atoms. The fraction of sp³-hybridized carbons (Fsp3) is 0.267. The maximum absolute atomic E-state index is 13.3. The van der Waals surface area contributed by atoms with Crippen LogP contribution in [0.25, 0.3) is 5.76 Å². The van der Waals surface area contributed by atoms with E-state index in [1.54, 1.807) is 36.4 Å². The molecule has 0 saturated carbocycles. The third kappa shape index (κ3) is 5.07. The quantitative estimate of drug-likeness (QED) is 0.237. The number of hydrogen-bond acceptors (Lipinski definition) is 3. The van der Waals surface area contributed by atoms with E-state index in [2.05, 4.69) is 20.8 Å². The van der Waals surface area contributed by atoms with Crippen LogP contribution in [0.2, 0.25) is 5.02 Å². The lowest BCUT2D eigenvalue weighted by atomic mass is 9.84. The van der Waals surface area contributed by atoms with E-state index >= 15 is 0 Å². The van der Waals surface area contributed by atoms with Crippen LogP contribution in [0.4, 0.5) is 4.39 Å². The lowest BCUT2D eigenvalue weighted by Crippen LogP contribution is -2.31. The smallest absolute Gasteiger partial charge is 0.295 e. The van der Waals surface area contributed by atoms with Crippen molar-refractivity contribution in [2.24, 2.45) is 0 Å². The van der Waals surface area contributed by atoms with E-state index in [1.807, 2.05) is 25.1 Å². The van der Waals surface area contributed by atoms with Crippen LogP contribution in [-0.4, -0.2) is 28.2 Å². The fourth-order valence-electron chi connectivity index (χ4n) is 4.49. The van der Waals surface area contributed by atoms with Crippen molar-refractivity contribution in [3.05, 3.63) is 111 Å². The van der Waals surface area contributed by atoms with Gasteiger partial charge in [-0.3, -0.25) is 9.59 Å². The summed E-state index contributed by atoms with van der Waals surface area (Å²) < 4.78 is 13.3. The zero-order valence-electron chi connectivity index (χ0n) is 20.8. The Labute approximate surface area is 216 Å². The minimum atomic E-state index is -0.777. The van der Waals surface area contributed by atoms with Crippen molar-refractivity contribution in [3.8, 4) is 0 Å². The largest absolute Gasteiger partial charge is 0.507 e. The van der Waals surface area contributed by atoms with E-state index in [4.69, 9.17) is 11.6 Å². The van der Waals surface area contributed by atoms with Crippen LogP contribution in [0.1, 0.15) is 54.6 Å². The Balaban J connectivity index is 1.82. The molecular formula is C30H29ClFNO3. The van der Waals surface area contributed by atoms with Crippen molar-refractivity contribution in [3.63, 3.8) is 0 Å². The first-order valence-electron chi connectivity index (χ1n) is 11.9. The van der Waals surface area contributed by atoms with E-state index < -0.39 is 17.7 Å². The van der Waals surface area contributed by atoms with Gasteiger partial charge in [-0.05, 0) is 71.3 Å². The predicted molar refractivity (Wildman–Crippen MR) is 140 cm³/mol. The standard InChI is InChI=1S/C30H29ClFNO3/c1-18-5-10-21(30(2,3)4)17-24(18)27(34)25-26(20-8-11-22(31)12-9-20)33(29(36)28(25)35)16-15-19-6-13-23(32)14-7-19/h5-14,17,26,34H,15-16H2,1-4H3/b27-25+. The number of halogens is 2. The van der Waals surface area contributed by atoms with Crippen LogP contribution in [-0.2, 0) is 21.4 Å². The van der Waals surface area contributed by atoms with Crippen LogP contribution in [0.15, 0.2) is 72.3 Å². The number of rotatable bonds is 5. The number of Topliss-reactive ketones (excluding diaryl/α,β-unsaturated/α-hetero) is 1. The predicted octanol–water partition coefficient (Wildman–Crippen LogP) is 6.75. The molecule has 0 bridgehead atoms. The number of nitrogens with zero attached hydrogens (tertiary/aromatic N) is 1. The minimum Gasteiger partial charge on any atom is -0.507 e. The number of carbonyl (C=O) groups is 2. The summed E-state index contributed by atoms with van der Waals surface area (Å²) in [6.07, 6.45) is 0.427. The maximum atomic E-state index is 13.3. The molecule has 1 aliphatic rings. The summed E-state index contributed by atoms with van der Waals surface area (Å²) in [5, 5.41) is 12.0. The molecule has 1 saturated heterocycles. The first-order valence-corrected chi connectivity index (χ1v) is 12.2. The molecule has 186 valence electrons. The molecule has 0 aromatic heterocycles. The molecule has 1 N–H and O–H groups in total. The molecule has 6 heteroatoms. The van der Waals surface area contributed by atoms with Crippen molar-refractivity contribution in [2.75, 3.05) is 6.54 Å². The van der Waals surface area contributed by atoms with Gasteiger partial charge in [0.15, 0.2) is 0 Å². The first-order chi connectivity index (χ1) is 17.0. The van der Waals surface area contributed by atoms with Crippen molar-refractivity contribution < 1.29 is 19.1 Å². The monoisotopic (exact) mass is 505 g/mol. The van der Waals surface area contributed by atoms with Crippen molar-refractivity contribution in [1.82, 2.24) is 4.90 Å². The summed E-state index contributed by atoms with van der Waals surface area (Å²) in [5.41, 5.74) is 3.72. The molecular weight excluding hydrogens is 477 g/mol. The normalized spacial score (nSPS) is 17.6. The molecule has 0 aliphatic carbocycles. The van der Waals surface area contributed by atoms with Crippen molar-refractivity contribution in [2.45, 2.75) is 45.6 Å². The summed E-state index contributed by atoms with van der Waals surface area (Å²) in [4.78, 5) is 28.1. The Kier molecular flexibility index (Phi) is 7.05. The van der Waals surface area contributed by atoms with Gasteiger partial charge in [-0.25, -0.2) is 4.39 Å². The Hall–Kier alpha value is -3.44. The van der Waals surface area contributed by atoms with E-state index in [0.717, 1.165) is 16.7 Å². The van der Waals surface area contributed by atoms with Gasteiger partial charge in [0.1, 0.15) is 11.6 Å². The second-order valence-corrected chi connectivity index (χ2v) is 10.6. The Morgan fingerprint density at radius 2 is 1.64 bits per heavy atom. The molecule has 1 amide bonds. The van der Waals surface area contributed by atoms with Gasteiger partial charge in [0.05, 0.1) is 11.6 Å². The summed E-state index contributed by atoms with van der Waals surface area (Å²) in [5.74, 6) is -1.94. The molecule has 1 fully saturated rings. The minimum absolute atomic E-state index is 0.0515. The molecule has 3 aromatic carbocycles. The van der Waals surface area contributed by atoms with Gasteiger partial charge in [0.25, 0.3) is 11.7 Å². The average Bonchev–Trinajstić information content (AvgIpc) is 3.08. The molecule has 1 aliphatic heterocycles. The average molecular weight is 506 g/mol. The fourth-order valence-corrected chi connectivity index (χ4v) is 4.62. The molecule has 4 nitrogen and oxygen atoms in total. The van der Waals surface area contributed by atoms with E-state index in [-0.39, 0.29) is 29.1 Å². The molecule has 4 rings (SSSR count). The molecule has 3 aromatic rings. The molecule has 1 atom stereocenters. The Morgan fingerprint density at radius 3 is 2.25 bits per heavy atom.